The van der Waals surface area contributed by atoms with E-state index in [2.05, 4.69) is 15.3 Å². The number of ether oxygens (including phenoxy) is 6. The summed E-state index contributed by atoms with van der Waals surface area (Å²) in [5, 5.41) is 23.4. The Morgan fingerprint density at radius 1 is 0.509 bits per heavy atom. The minimum Gasteiger partial charge on any atom is -0.477 e. The largest absolute Gasteiger partial charge is 0.477 e. The summed E-state index contributed by atoms with van der Waals surface area (Å²) in [5.41, 5.74) is -2.26. The normalized spacial score (nSPS) is 13.1. The lowest BCUT2D eigenvalue weighted by molar-refractivity contribution is -0.141. The summed E-state index contributed by atoms with van der Waals surface area (Å²) in [6.45, 7) is 0. The summed E-state index contributed by atoms with van der Waals surface area (Å²) in [5.74, 6) is -8.18. The minimum atomic E-state index is -1.81. The van der Waals surface area contributed by atoms with Crippen LogP contribution in [0.4, 0.5) is 0 Å². The van der Waals surface area contributed by atoms with Gasteiger partial charge in [-0.25, -0.2) is 9.59 Å². The molecule has 3 rings (SSSR count). The van der Waals surface area contributed by atoms with Crippen molar-refractivity contribution in [1.82, 2.24) is 15.3 Å². The second kappa shape index (κ2) is 19.9. The number of hydrogen-bond acceptors (Lipinski definition) is 15. The molecular formula is C37H45N3O17. The predicted octanol–water partition coefficient (Wildman–Crippen LogP) is 0.848. The highest BCUT2D eigenvalue weighted by molar-refractivity contribution is 6.00. The van der Waals surface area contributed by atoms with E-state index < -0.39 is 103 Å². The van der Waals surface area contributed by atoms with E-state index in [0.717, 1.165) is 42.7 Å². The maximum absolute atomic E-state index is 14.0. The highest BCUT2D eigenvalue weighted by Gasteiger charge is 2.48. The lowest BCUT2D eigenvalue weighted by Gasteiger charge is -2.33. The highest BCUT2D eigenvalue weighted by atomic mass is 16.5. The Morgan fingerprint density at radius 2 is 0.860 bits per heavy atom. The number of carbonyl (C=O) groups excluding carboxylic acids is 7. The average Bonchev–Trinajstić information content (AvgIpc) is 3.79. The quantitative estimate of drug-likeness (QED) is 0.0863. The molecule has 0 atom stereocenters. The summed E-state index contributed by atoms with van der Waals surface area (Å²) in [6.07, 6.45) is -4.02. The zero-order valence-corrected chi connectivity index (χ0v) is 32.3. The van der Waals surface area contributed by atoms with Crippen LogP contribution in [0.2, 0.25) is 0 Å². The number of aromatic nitrogens is 2. The van der Waals surface area contributed by atoms with Crippen LogP contribution in [-0.2, 0) is 101 Å². The van der Waals surface area contributed by atoms with Gasteiger partial charge in [0.25, 0.3) is 0 Å². The van der Waals surface area contributed by atoms with E-state index in [0.29, 0.717) is 0 Å². The second-order valence-corrected chi connectivity index (χ2v) is 12.8. The molecule has 1 amide bonds. The van der Waals surface area contributed by atoms with Crippen LogP contribution in [0.25, 0.3) is 0 Å². The predicted molar refractivity (Wildman–Crippen MR) is 191 cm³/mol. The third-order valence-corrected chi connectivity index (χ3v) is 9.63. The van der Waals surface area contributed by atoms with Gasteiger partial charge >= 0.3 is 47.8 Å². The number of esters is 6. The van der Waals surface area contributed by atoms with Crippen molar-refractivity contribution in [3.63, 3.8) is 0 Å². The Hall–Kier alpha value is -6.47. The number of aromatic amines is 2. The molecule has 0 bridgehead atoms. The van der Waals surface area contributed by atoms with Crippen LogP contribution in [-0.4, -0.2) is 122 Å². The fourth-order valence-corrected chi connectivity index (χ4v) is 6.85. The molecule has 5 N–H and O–H groups in total. The van der Waals surface area contributed by atoms with Gasteiger partial charge in [-0.1, -0.05) is 0 Å². The number of H-pyrrole nitrogens is 2. The zero-order chi connectivity index (χ0) is 42.6. The van der Waals surface area contributed by atoms with Gasteiger partial charge in [0.15, 0.2) is 0 Å². The summed E-state index contributed by atoms with van der Waals surface area (Å²) >= 11 is 0. The summed E-state index contributed by atoms with van der Waals surface area (Å²) in [6, 6.07) is 0. The molecule has 2 aromatic rings. The molecule has 1 aliphatic rings. The lowest BCUT2D eigenvalue weighted by Crippen LogP contribution is -2.49. The van der Waals surface area contributed by atoms with Crippen LogP contribution in [0, 0.1) is 0 Å². The van der Waals surface area contributed by atoms with E-state index in [-0.39, 0.29) is 83.3 Å². The van der Waals surface area contributed by atoms with Crippen LogP contribution >= 0.6 is 0 Å². The summed E-state index contributed by atoms with van der Waals surface area (Å²) in [7, 11) is 6.74. The van der Waals surface area contributed by atoms with E-state index in [1.54, 1.807) is 0 Å². The Balaban J connectivity index is 2.48. The van der Waals surface area contributed by atoms with Crippen LogP contribution in [0.15, 0.2) is 11.1 Å². The van der Waals surface area contributed by atoms with Crippen LogP contribution in [0.1, 0.15) is 86.7 Å². The molecule has 0 saturated carbocycles. The van der Waals surface area contributed by atoms with Gasteiger partial charge in [-0.15, -0.1) is 0 Å². The Kier molecular flexibility index (Phi) is 15.7. The van der Waals surface area contributed by atoms with Crippen molar-refractivity contribution in [2.75, 3.05) is 42.7 Å². The van der Waals surface area contributed by atoms with Gasteiger partial charge in [-0.2, -0.15) is 0 Å². The Labute approximate surface area is 325 Å². The summed E-state index contributed by atoms with van der Waals surface area (Å²) < 4.78 is 29.0. The van der Waals surface area contributed by atoms with Gasteiger partial charge in [0.05, 0.1) is 67.5 Å². The number of hydrogen-bond donors (Lipinski definition) is 5. The van der Waals surface area contributed by atoms with Crippen molar-refractivity contribution >= 4 is 53.7 Å². The Morgan fingerprint density at radius 3 is 1.21 bits per heavy atom. The molecule has 57 heavy (non-hydrogen) atoms. The van der Waals surface area contributed by atoms with Crippen molar-refractivity contribution in [1.29, 1.82) is 0 Å². The first-order valence-corrected chi connectivity index (χ1v) is 17.4. The summed E-state index contributed by atoms with van der Waals surface area (Å²) in [4.78, 5) is 120. The highest BCUT2D eigenvalue weighted by Crippen LogP contribution is 2.41. The number of rotatable bonds is 21. The number of carbonyl (C=O) groups is 9. The molecule has 0 unspecified atom stereocenters. The first kappa shape index (κ1) is 44.9. The van der Waals surface area contributed by atoms with Crippen molar-refractivity contribution in [3.8, 4) is 0 Å². The van der Waals surface area contributed by atoms with Crippen molar-refractivity contribution < 1.29 is 81.8 Å². The number of carboxylic acids is 2. The molecule has 310 valence electrons. The van der Waals surface area contributed by atoms with Crippen LogP contribution < -0.4 is 5.32 Å². The molecule has 0 radical (unpaired) electrons. The molecule has 3 heterocycles. The number of methoxy groups -OCH3 is 6. The molecule has 0 saturated heterocycles. The van der Waals surface area contributed by atoms with Crippen molar-refractivity contribution in [2.45, 2.75) is 76.2 Å². The average molecular weight is 804 g/mol. The van der Waals surface area contributed by atoms with E-state index in [1.807, 2.05) is 0 Å². The molecular weight excluding hydrogens is 758 g/mol. The monoisotopic (exact) mass is 803 g/mol. The SMILES string of the molecule is COC(=O)CCC1=C(CC(=O)OC)C(Cc2[nH]c(C(=O)O)c(CCC(=O)OC)c2CC(=O)OC)(Cc2[nH]c(C(=O)O)c(CCC(=O)OC)c2CC(=O)OC)NC1=O. The standard InChI is InChI=1S/C37H45N3O17/c1-52-26(41)10-7-18-21(13-29(44)55-4)24(38-32(18)35(48)49)16-37(23(15-31(46)57-6)20(34(47)40-37)9-12-28(43)54-3)17-25-22(14-30(45)56-5)19(8-11-27(42)53-2)33(39-25)36(50)51/h38-39H,7-17H2,1-6H3,(H,40,47)(H,48,49)(H,50,51). The number of amides is 1. The lowest BCUT2D eigenvalue weighted by atomic mass is 9.77. The van der Waals surface area contributed by atoms with Crippen LogP contribution in [0.5, 0.6) is 0 Å². The Bertz CT molecular complexity index is 1870. The molecule has 2 aromatic heterocycles. The molecule has 20 nitrogen and oxygen atoms in total. The number of nitrogens with one attached hydrogen (secondary N) is 3. The third-order valence-electron chi connectivity index (χ3n) is 9.63. The maximum Gasteiger partial charge on any atom is 0.352 e. The number of aromatic carboxylic acids is 2. The van der Waals surface area contributed by atoms with E-state index in [9.17, 15) is 53.4 Å². The van der Waals surface area contributed by atoms with E-state index in [1.165, 1.54) is 0 Å². The number of carboxylic acid groups (broad SMARTS) is 2. The van der Waals surface area contributed by atoms with Gasteiger partial charge in [0.2, 0.25) is 5.91 Å². The van der Waals surface area contributed by atoms with Gasteiger partial charge in [0, 0.05) is 49.1 Å². The van der Waals surface area contributed by atoms with E-state index >= 15 is 0 Å². The van der Waals surface area contributed by atoms with Gasteiger partial charge in [-0.3, -0.25) is 33.6 Å². The second-order valence-electron chi connectivity index (χ2n) is 12.8. The fraction of sp³-hybridized carbons (Fsp3) is 0.486. The topological polar surface area (TPSA) is 293 Å². The molecule has 0 aliphatic carbocycles. The molecule has 0 aromatic carbocycles. The molecule has 20 heteroatoms. The van der Waals surface area contributed by atoms with Gasteiger partial charge < -0.3 is 53.9 Å². The zero-order valence-electron chi connectivity index (χ0n) is 32.3. The van der Waals surface area contributed by atoms with Crippen molar-refractivity contribution in [2.24, 2.45) is 0 Å². The van der Waals surface area contributed by atoms with Gasteiger partial charge in [0.1, 0.15) is 11.4 Å². The molecule has 0 spiro atoms. The van der Waals surface area contributed by atoms with E-state index in [4.69, 9.17) is 28.4 Å². The van der Waals surface area contributed by atoms with Crippen LogP contribution in [0.3, 0.4) is 0 Å². The molecule has 1 aliphatic heterocycles. The fourth-order valence-electron chi connectivity index (χ4n) is 6.85. The third kappa shape index (κ3) is 10.9. The van der Waals surface area contributed by atoms with Crippen molar-refractivity contribution in [3.05, 3.63) is 56.2 Å². The maximum atomic E-state index is 14.0. The minimum absolute atomic E-state index is 0.0401. The first-order valence-electron chi connectivity index (χ1n) is 17.4. The first-order chi connectivity index (χ1) is 27.0. The smallest absolute Gasteiger partial charge is 0.352 e. The molecule has 0 fully saturated rings. The van der Waals surface area contributed by atoms with Gasteiger partial charge in [-0.05, 0) is 47.1 Å².